The predicted octanol–water partition coefficient (Wildman–Crippen LogP) is 3.78. The van der Waals surface area contributed by atoms with Crippen molar-refractivity contribution in [1.82, 2.24) is 4.98 Å². The van der Waals surface area contributed by atoms with Crippen LogP contribution in [0.4, 0.5) is 0 Å². The molecule has 1 heterocycles. The highest BCUT2D eigenvalue weighted by molar-refractivity contribution is 5.81. The summed E-state index contributed by atoms with van der Waals surface area (Å²) in [6.45, 7) is 4.09. The first kappa shape index (κ1) is 13.3. The van der Waals surface area contributed by atoms with E-state index in [0.717, 1.165) is 17.5 Å². The Hall–Kier alpha value is -1.18. The second-order valence-electron chi connectivity index (χ2n) is 5.68. The Morgan fingerprint density at radius 3 is 2.39 bits per heavy atom. The summed E-state index contributed by atoms with van der Waals surface area (Å²) in [6, 6.07) is 0. The van der Waals surface area contributed by atoms with Crippen LogP contribution in [-0.4, -0.2) is 10.8 Å². The lowest BCUT2D eigenvalue weighted by Gasteiger charge is -2.21. The van der Waals surface area contributed by atoms with Crippen molar-refractivity contribution in [3.8, 4) is 0 Å². The molecular formula is C16H23NO. The number of pyridine rings is 1. The van der Waals surface area contributed by atoms with Crippen molar-refractivity contribution >= 4 is 5.78 Å². The van der Waals surface area contributed by atoms with Gasteiger partial charge in [0, 0.05) is 25.2 Å². The molecule has 2 nitrogen and oxygen atoms in total. The van der Waals surface area contributed by atoms with Crippen molar-refractivity contribution in [1.29, 1.82) is 0 Å². The first-order valence-electron chi connectivity index (χ1n) is 7.08. The molecule has 0 atom stereocenters. The Morgan fingerprint density at radius 2 is 1.78 bits per heavy atom. The molecule has 1 fully saturated rings. The second-order valence-corrected chi connectivity index (χ2v) is 5.68. The minimum atomic E-state index is 0.402. The minimum absolute atomic E-state index is 0.402. The van der Waals surface area contributed by atoms with Gasteiger partial charge in [-0.05, 0) is 36.5 Å². The first-order chi connectivity index (χ1) is 8.66. The standard InChI is InChI=1S/C16H23NO/c1-12-10-17-11-13(2)16(12)9-15(18)8-14-6-4-3-5-7-14/h10-11,14H,3-9H2,1-2H3. The Labute approximate surface area is 110 Å². The highest BCUT2D eigenvalue weighted by Gasteiger charge is 2.18. The number of nitrogens with zero attached hydrogens (tertiary/aromatic N) is 1. The van der Waals surface area contributed by atoms with Crippen molar-refractivity contribution in [3.05, 3.63) is 29.1 Å². The summed E-state index contributed by atoms with van der Waals surface area (Å²) in [5, 5.41) is 0. The average Bonchev–Trinajstić information content (AvgIpc) is 2.35. The van der Waals surface area contributed by atoms with E-state index in [9.17, 15) is 4.79 Å². The van der Waals surface area contributed by atoms with Crippen LogP contribution < -0.4 is 0 Å². The van der Waals surface area contributed by atoms with Gasteiger partial charge in [-0.2, -0.15) is 0 Å². The maximum Gasteiger partial charge on any atom is 0.137 e. The smallest absolute Gasteiger partial charge is 0.137 e. The zero-order valence-corrected chi connectivity index (χ0v) is 11.5. The number of aryl methyl sites for hydroxylation is 2. The molecule has 0 unspecified atom stereocenters. The van der Waals surface area contributed by atoms with Crippen LogP contribution in [0.5, 0.6) is 0 Å². The number of ketones is 1. The van der Waals surface area contributed by atoms with E-state index in [4.69, 9.17) is 0 Å². The van der Waals surface area contributed by atoms with E-state index >= 15 is 0 Å². The molecule has 1 aliphatic carbocycles. The third-order valence-corrected chi connectivity index (χ3v) is 4.10. The van der Waals surface area contributed by atoms with E-state index < -0.39 is 0 Å². The lowest BCUT2D eigenvalue weighted by atomic mass is 9.84. The molecule has 98 valence electrons. The fourth-order valence-corrected chi connectivity index (χ4v) is 2.99. The molecule has 1 aromatic heterocycles. The molecule has 0 radical (unpaired) electrons. The molecule has 1 aromatic rings. The number of carbonyl (C=O) groups is 1. The van der Waals surface area contributed by atoms with Gasteiger partial charge in [0.15, 0.2) is 0 Å². The van der Waals surface area contributed by atoms with Crippen LogP contribution in [0, 0.1) is 19.8 Å². The van der Waals surface area contributed by atoms with Gasteiger partial charge in [0.05, 0.1) is 0 Å². The summed E-state index contributed by atoms with van der Waals surface area (Å²) >= 11 is 0. The lowest BCUT2D eigenvalue weighted by Crippen LogP contribution is -2.14. The summed E-state index contributed by atoms with van der Waals surface area (Å²) in [6.07, 6.45) is 11.6. The molecule has 18 heavy (non-hydrogen) atoms. The Kier molecular flexibility index (Phi) is 4.51. The van der Waals surface area contributed by atoms with Gasteiger partial charge in [-0.15, -0.1) is 0 Å². The molecule has 0 amide bonds. The van der Waals surface area contributed by atoms with E-state index in [1.807, 2.05) is 26.2 Å². The van der Waals surface area contributed by atoms with Crippen LogP contribution in [0.25, 0.3) is 0 Å². The van der Waals surface area contributed by atoms with Crippen molar-refractivity contribution in [2.45, 2.75) is 58.8 Å². The molecule has 0 aromatic carbocycles. The summed E-state index contributed by atoms with van der Waals surface area (Å²) < 4.78 is 0. The van der Waals surface area contributed by atoms with E-state index in [2.05, 4.69) is 4.98 Å². The predicted molar refractivity (Wildman–Crippen MR) is 73.6 cm³/mol. The van der Waals surface area contributed by atoms with Crippen molar-refractivity contribution < 1.29 is 4.79 Å². The molecule has 0 aliphatic heterocycles. The maximum absolute atomic E-state index is 12.2. The largest absolute Gasteiger partial charge is 0.299 e. The molecule has 2 rings (SSSR count). The molecular weight excluding hydrogens is 222 g/mol. The van der Waals surface area contributed by atoms with E-state index in [-0.39, 0.29) is 0 Å². The van der Waals surface area contributed by atoms with Crippen molar-refractivity contribution in [2.75, 3.05) is 0 Å². The van der Waals surface area contributed by atoms with Gasteiger partial charge in [-0.25, -0.2) is 0 Å². The molecule has 1 aliphatic rings. The number of hydrogen-bond acceptors (Lipinski definition) is 2. The zero-order chi connectivity index (χ0) is 13.0. The van der Waals surface area contributed by atoms with Gasteiger partial charge in [0.1, 0.15) is 5.78 Å². The molecule has 1 saturated carbocycles. The van der Waals surface area contributed by atoms with Crippen molar-refractivity contribution in [3.63, 3.8) is 0 Å². The third kappa shape index (κ3) is 3.41. The molecule has 0 bridgehead atoms. The van der Waals surface area contributed by atoms with Gasteiger partial charge in [-0.1, -0.05) is 32.1 Å². The normalized spacial score (nSPS) is 16.8. The highest BCUT2D eigenvalue weighted by atomic mass is 16.1. The van der Waals surface area contributed by atoms with Crippen LogP contribution in [0.1, 0.15) is 55.2 Å². The number of carbonyl (C=O) groups excluding carboxylic acids is 1. The zero-order valence-electron chi connectivity index (χ0n) is 11.5. The Morgan fingerprint density at radius 1 is 1.17 bits per heavy atom. The summed E-state index contributed by atoms with van der Waals surface area (Å²) in [5.74, 6) is 1.05. The fourth-order valence-electron chi connectivity index (χ4n) is 2.99. The van der Waals surface area contributed by atoms with Crippen LogP contribution in [-0.2, 0) is 11.2 Å². The Bertz CT molecular complexity index is 399. The van der Waals surface area contributed by atoms with Gasteiger partial charge in [0.2, 0.25) is 0 Å². The summed E-state index contributed by atoms with van der Waals surface area (Å²) in [4.78, 5) is 16.3. The van der Waals surface area contributed by atoms with Gasteiger partial charge >= 0.3 is 0 Å². The van der Waals surface area contributed by atoms with E-state index in [1.165, 1.54) is 37.7 Å². The maximum atomic E-state index is 12.2. The van der Waals surface area contributed by atoms with Gasteiger partial charge < -0.3 is 0 Å². The number of hydrogen-bond donors (Lipinski definition) is 0. The first-order valence-corrected chi connectivity index (χ1v) is 7.08. The topological polar surface area (TPSA) is 30.0 Å². The molecule has 0 saturated heterocycles. The summed E-state index contributed by atoms with van der Waals surface area (Å²) in [7, 11) is 0. The molecule has 2 heteroatoms. The number of aromatic nitrogens is 1. The molecule has 0 N–H and O–H groups in total. The third-order valence-electron chi connectivity index (χ3n) is 4.10. The lowest BCUT2D eigenvalue weighted by molar-refractivity contribution is -0.119. The highest BCUT2D eigenvalue weighted by Crippen LogP contribution is 2.27. The average molecular weight is 245 g/mol. The van der Waals surface area contributed by atoms with Crippen molar-refractivity contribution in [2.24, 2.45) is 5.92 Å². The Balaban J connectivity index is 1.94. The fraction of sp³-hybridized carbons (Fsp3) is 0.625. The SMILES string of the molecule is Cc1cncc(C)c1CC(=O)CC1CCCCC1. The number of Topliss-reactive ketones (excluding diaryl/α,β-unsaturated/α-hetero) is 1. The minimum Gasteiger partial charge on any atom is -0.299 e. The summed E-state index contributed by atoms with van der Waals surface area (Å²) in [5.41, 5.74) is 3.48. The van der Waals surface area contributed by atoms with Crippen LogP contribution in [0.2, 0.25) is 0 Å². The number of rotatable bonds is 4. The van der Waals surface area contributed by atoms with Gasteiger partial charge in [-0.3, -0.25) is 9.78 Å². The second kappa shape index (κ2) is 6.12. The monoisotopic (exact) mass is 245 g/mol. The van der Waals surface area contributed by atoms with Crippen LogP contribution >= 0.6 is 0 Å². The van der Waals surface area contributed by atoms with E-state index in [0.29, 0.717) is 18.1 Å². The van der Waals surface area contributed by atoms with Gasteiger partial charge in [0.25, 0.3) is 0 Å². The van der Waals surface area contributed by atoms with Crippen LogP contribution in [0.15, 0.2) is 12.4 Å². The van der Waals surface area contributed by atoms with E-state index in [1.54, 1.807) is 0 Å². The molecule has 0 spiro atoms. The van der Waals surface area contributed by atoms with Crippen LogP contribution in [0.3, 0.4) is 0 Å². The quantitative estimate of drug-likeness (QED) is 0.808.